The number of hydrogen-bond donors (Lipinski definition) is 1. The highest BCUT2D eigenvalue weighted by Crippen LogP contribution is 2.25. The summed E-state index contributed by atoms with van der Waals surface area (Å²) in [6.45, 7) is 3.95. The number of para-hydroxylation sites is 1. The molecule has 1 amide bonds. The minimum absolute atomic E-state index is 0.192. The maximum absolute atomic E-state index is 13.2. The van der Waals surface area contributed by atoms with Crippen LogP contribution in [0.5, 0.6) is 0 Å². The Kier molecular flexibility index (Phi) is 5.47. The zero-order valence-electron chi connectivity index (χ0n) is 17.9. The molecule has 4 aromatic rings. The first-order valence-electron chi connectivity index (χ1n) is 10.7. The lowest BCUT2D eigenvalue weighted by Crippen LogP contribution is -2.44. The number of piperazine rings is 1. The van der Waals surface area contributed by atoms with Crippen LogP contribution in [0.25, 0.3) is 22.2 Å². The number of nitrogens with one attached hydrogen (secondary N) is 1. The number of hydrogen-bond acceptors (Lipinski definition) is 6. The number of nitrogens with zero attached hydrogens (tertiary/aromatic N) is 5. The van der Waals surface area contributed by atoms with Crippen molar-refractivity contribution in [2.24, 2.45) is 0 Å². The van der Waals surface area contributed by atoms with Gasteiger partial charge in [-0.3, -0.25) is 9.78 Å². The van der Waals surface area contributed by atoms with E-state index in [4.69, 9.17) is 4.98 Å². The molecule has 32 heavy (non-hydrogen) atoms. The molecule has 0 saturated carbocycles. The second-order valence-corrected chi connectivity index (χ2v) is 7.96. The molecule has 3 aromatic heterocycles. The van der Waals surface area contributed by atoms with Gasteiger partial charge in [-0.1, -0.05) is 18.2 Å². The first-order valence-corrected chi connectivity index (χ1v) is 10.7. The molecule has 0 bridgehead atoms. The SMILES string of the molecule is CN1CCN(c2ccc(NC(=O)c3cc(-c4cccnc4)nc4ccccc34)cn2)CC1. The summed E-state index contributed by atoms with van der Waals surface area (Å²) < 4.78 is 0. The van der Waals surface area contributed by atoms with Gasteiger partial charge in [-0.15, -0.1) is 0 Å². The van der Waals surface area contributed by atoms with Crippen molar-refractivity contribution in [1.29, 1.82) is 0 Å². The highest BCUT2D eigenvalue weighted by molar-refractivity contribution is 6.13. The van der Waals surface area contributed by atoms with Gasteiger partial charge in [0, 0.05) is 49.5 Å². The first-order chi connectivity index (χ1) is 15.7. The monoisotopic (exact) mass is 424 g/mol. The van der Waals surface area contributed by atoms with Gasteiger partial charge in [-0.2, -0.15) is 0 Å². The van der Waals surface area contributed by atoms with E-state index in [1.807, 2.05) is 54.6 Å². The van der Waals surface area contributed by atoms with Crippen molar-refractivity contribution in [3.8, 4) is 11.3 Å². The molecule has 7 nitrogen and oxygen atoms in total. The molecule has 1 aliphatic heterocycles. The van der Waals surface area contributed by atoms with Gasteiger partial charge in [0.2, 0.25) is 0 Å². The first kappa shape index (κ1) is 20.1. The zero-order valence-corrected chi connectivity index (χ0v) is 17.9. The Morgan fingerprint density at radius 1 is 0.969 bits per heavy atom. The molecule has 1 aromatic carbocycles. The number of carbonyl (C=O) groups excluding carboxylic acids is 1. The summed E-state index contributed by atoms with van der Waals surface area (Å²) >= 11 is 0. The van der Waals surface area contributed by atoms with Gasteiger partial charge in [0.15, 0.2) is 0 Å². The Morgan fingerprint density at radius 2 is 1.81 bits per heavy atom. The van der Waals surface area contributed by atoms with E-state index in [-0.39, 0.29) is 5.91 Å². The number of benzene rings is 1. The molecule has 1 N–H and O–H groups in total. The molecule has 5 rings (SSSR count). The number of carbonyl (C=O) groups is 1. The van der Waals surface area contributed by atoms with Crippen molar-refractivity contribution in [3.63, 3.8) is 0 Å². The minimum Gasteiger partial charge on any atom is -0.354 e. The Labute approximate surface area is 186 Å². The number of aromatic nitrogens is 3. The van der Waals surface area contributed by atoms with E-state index in [2.05, 4.69) is 32.1 Å². The number of amides is 1. The number of fused-ring (bicyclic) bond motifs is 1. The topological polar surface area (TPSA) is 74.2 Å². The van der Waals surface area contributed by atoms with Gasteiger partial charge in [0.1, 0.15) is 5.82 Å². The largest absolute Gasteiger partial charge is 0.354 e. The summed E-state index contributed by atoms with van der Waals surface area (Å²) in [7, 11) is 2.13. The molecular weight excluding hydrogens is 400 g/mol. The van der Waals surface area contributed by atoms with Crippen LogP contribution in [-0.2, 0) is 0 Å². The van der Waals surface area contributed by atoms with Crippen molar-refractivity contribution in [2.45, 2.75) is 0 Å². The van der Waals surface area contributed by atoms with Crippen LogP contribution in [0.4, 0.5) is 11.5 Å². The maximum Gasteiger partial charge on any atom is 0.256 e. The predicted octanol–water partition coefficient (Wildman–Crippen LogP) is 3.70. The molecule has 1 saturated heterocycles. The molecule has 0 unspecified atom stereocenters. The summed E-state index contributed by atoms with van der Waals surface area (Å²) in [5.41, 5.74) is 3.58. The van der Waals surface area contributed by atoms with Crippen LogP contribution < -0.4 is 10.2 Å². The van der Waals surface area contributed by atoms with Crippen LogP contribution in [-0.4, -0.2) is 59.0 Å². The van der Waals surface area contributed by atoms with E-state index in [9.17, 15) is 4.79 Å². The minimum atomic E-state index is -0.192. The smallest absolute Gasteiger partial charge is 0.256 e. The van der Waals surface area contributed by atoms with E-state index in [0.29, 0.717) is 16.9 Å². The maximum atomic E-state index is 13.2. The predicted molar refractivity (Wildman–Crippen MR) is 127 cm³/mol. The van der Waals surface area contributed by atoms with E-state index >= 15 is 0 Å². The molecule has 0 spiro atoms. The molecule has 0 radical (unpaired) electrons. The summed E-state index contributed by atoms with van der Waals surface area (Å²) in [6, 6.07) is 17.2. The third-order valence-corrected chi connectivity index (χ3v) is 5.75. The fourth-order valence-electron chi connectivity index (χ4n) is 3.91. The lowest BCUT2D eigenvalue weighted by atomic mass is 10.0. The lowest BCUT2D eigenvalue weighted by molar-refractivity contribution is 0.102. The zero-order chi connectivity index (χ0) is 21.9. The van der Waals surface area contributed by atoms with Gasteiger partial charge in [-0.05, 0) is 43.4 Å². The molecule has 160 valence electrons. The highest BCUT2D eigenvalue weighted by atomic mass is 16.1. The van der Waals surface area contributed by atoms with Crippen LogP contribution in [0.2, 0.25) is 0 Å². The van der Waals surface area contributed by atoms with Crippen LogP contribution >= 0.6 is 0 Å². The van der Waals surface area contributed by atoms with Gasteiger partial charge in [-0.25, -0.2) is 9.97 Å². The normalized spacial score (nSPS) is 14.5. The quantitative estimate of drug-likeness (QED) is 0.539. The standard InChI is InChI=1S/C25H24N6O/c1-30-11-13-31(14-12-30)24-9-8-19(17-27-24)28-25(32)21-15-23(18-5-4-10-26-16-18)29-22-7-3-2-6-20(21)22/h2-10,15-17H,11-14H2,1H3,(H,28,32). The molecule has 1 aliphatic rings. The number of pyridine rings is 3. The van der Waals surface area contributed by atoms with Gasteiger partial charge < -0.3 is 15.1 Å². The average Bonchev–Trinajstić information content (AvgIpc) is 2.85. The molecular formula is C25H24N6O. The van der Waals surface area contributed by atoms with Crippen LogP contribution in [0.3, 0.4) is 0 Å². The number of anilines is 2. The molecule has 1 fully saturated rings. The Morgan fingerprint density at radius 3 is 2.56 bits per heavy atom. The van der Waals surface area contributed by atoms with Crippen molar-refractivity contribution < 1.29 is 4.79 Å². The second-order valence-electron chi connectivity index (χ2n) is 7.96. The molecule has 0 atom stereocenters. The van der Waals surface area contributed by atoms with Crippen molar-refractivity contribution in [2.75, 3.05) is 43.4 Å². The summed E-state index contributed by atoms with van der Waals surface area (Å²) in [5.74, 6) is 0.743. The summed E-state index contributed by atoms with van der Waals surface area (Å²) in [6.07, 6.45) is 5.19. The van der Waals surface area contributed by atoms with Gasteiger partial charge in [0.05, 0.1) is 28.7 Å². The lowest BCUT2D eigenvalue weighted by Gasteiger charge is -2.33. The fraction of sp³-hybridized carbons (Fsp3) is 0.200. The van der Waals surface area contributed by atoms with Crippen LogP contribution in [0.15, 0.2) is 73.2 Å². The van der Waals surface area contributed by atoms with E-state index in [0.717, 1.165) is 48.5 Å². The van der Waals surface area contributed by atoms with E-state index in [1.165, 1.54) is 0 Å². The Bertz CT molecular complexity index is 1230. The van der Waals surface area contributed by atoms with Crippen molar-refractivity contribution >= 4 is 28.3 Å². The number of likely N-dealkylation sites (N-methyl/N-ethyl adjacent to an activating group) is 1. The van der Waals surface area contributed by atoms with Gasteiger partial charge >= 0.3 is 0 Å². The van der Waals surface area contributed by atoms with Crippen molar-refractivity contribution in [1.82, 2.24) is 19.9 Å². The van der Waals surface area contributed by atoms with Crippen molar-refractivity contribution in [3.05, 3.63) is 78.8 Å². The Balaban J connectivity index is 1.41. The Hall–Kier alpha value is -3.84. The van der Waals surface area contributed by atoms with E-state index in [1.54, 1.807) is 18.6 Å². The molecule has 0 aliphatic carbocycles. The molecule has 4 heterocycles. The highest BCUT2D eigenvalue weighted by Gasteiger charge is 2.17. The van der Waals surface area contributed by atoms with Crippen LogP contribution in [0.1, 0.15) is 10.4 Å². The third kappa shape index (κ3) is 4.15. The molecule has 7 heteroatoms. The average molecular weight is 425 g/mol. The second kappa shape index (κ2) is 8.72. The van der Waals surface area contributed by atoms with Crippen LogP contribution in [0, 0.1) is 0 Å². The fourth-order valence-corrected chi connectivity index (χ4v) is 3.91. The summed E-state index contributed by atoms with van der Waals surface area (Å²) in [5, 5.41) is 3.80. The number of rotatable bonds is 4. The summed E-state index contributed by atoms with van der Waals surface area (Å²) in [4.78, 5) is 31.3. The third-order valence-electron chi connectivity index (χ3n) is 5.75. The van der Waals surface area contributed by atoms with Gasteiger partial charge in [0.25, 0.3) is 5.91 Å². The van der Waals surface area contributed by atoms with E-state index < -0.39 is 0 Å².